The fourth-order valence-corrected chi connectivity index (χ4v) is 9.45. The number of carbonyl (C=O) groups excluding carboxylic acids is 3. The molecule has 9 atom stereocenters. The standard InChI is InChI=1S/C30H42O7/c1-18(31)36-22-11-13-28(3)21(15-22)9-10-24-23(28)12-14-29(4)27-20(7-6-8-26(33)34-5)17-35-30(24,29)16-25(27)37-19(2)32/h6-7,17,21-25,27H,8-16H2,1-5H3/b7-6+/t21-,22+,23+,24-,25+,27?,28+,29-,30+/m1/s1. The zero-order chi connectivity index (χ0) is 26.6. The molecule has 1 heterocycles. The summed E-state index contributed by atoms with van der Waals surface area (Å²) in [4.78, 5) is 35.4. The highest BCUT2D eigenvalue weighted by atomic mass is 16.6. The van der Waals surface area contributed by atoms with E-state index in [-0.39, 0.29) is 58.9 Å². The van der Waals surface area contributed by atoms with Gasteiger partial charge in [0.15, 0.2) is 0 Å². The minimum Gasteiger partial charge on any atom is -0.494 e. The minimum absolute atomic E-state index is 0.0326. The number of carbonyl (C=O) groups is 3. The van der Waals surface area contributed by atoms with Crippen LogP contribution in [0.2, 0.25) is 0 Å². The Morgan fingerprint density at radius 2 is 1.78 bits per heavy atom. The van der Waals surface area contributed by atoms with E-state index < -0.39 is 0 Å². The van der Waals surface area contributed by atoms with Gasteiger partial charge in [-0.2, -0.15) is 0 Å². The van der Waals surface area contributed by atoms with Gasteiger partial charge in [0.2, 0.25) is 0 Å². The van der Waals surface area contributed by atoms with Gasteiger partial charge in [-0.15, -0.1) is 0 Å². The van der Waals surface area contributed by atoms with Gasteiger partial charge in [0, 0.05) is 37.5 Å². The van der Waals surface area contributed by atoms with Crippen molar-refractivity contribution < 1.29 is 33.3 Å². The third-order valence-electron chi connectivity index (χ3n) is 11.0. The molecule has 37 heavy (non-hydrogen) atoms. The van der Waals surface area contributed by atoms with Gasteiger partial charge in [-0.05, 0) is 67.8 Å². The Balaban J connectivity index is 1.45. The zero-order valence-corrected chi connectivity index (χ0v) is 22.9. The van der Waals surface area contributed by atoms with Gasteiger partial charge in [0.05, 0.1) is 19.8 Å². The molecule has 0 spiro atoms. The molecule has 7 nitrogen and oxygen atoms in total. The lowest BCUT2D eigenvalue weighted by atomic mass is 9.43. The van der Waals surface area contributed by atoms with E-state index in [1.54, 1.807) is 0 Å². The molecular weight excluding hydrogens is 472 g/mol. The van der Waals surface area contributed by atoms with Gasteiger partial charge < -0.3 is 18.9 Å². The third-order valence-corrected chi connectivity index (χ3v) is 11.0. The summed E-state index contributed by atoms with van der Waals surface area (Å²) >= 11 is 0. The largest absolute Gasteiger partial charge is 0.494 e. The second kappa shape index (κ2) is 9.46. The van der Waals surface area contributed by atoms with Crippen molar-refractivity contribution in [1.82, 2.24) is 0 Å². The average Bonchev–Trinajstić information content (AvgIpc) is 2.96. The van der Waals surface area contributed by atoms with Crippen LogP contribution in [0.15, 0.2) is 24.0 Å². The lowest BCUT2D eigenvalue weighted by Gasteiger charge is -2.65. The van der Waals surface area contributed by atoms with Crippen LogP contribution in [0.5, 0.6) is 0 Å². The van der Waals surface area contributed by atoms with Gasteiger partial charge in [0.25, 0.3) is 0 Å². The van der Waals surface area contributed by atoms with Crippen LogP contribution in [0.3, 0.4) is 0 Å². The summed E-state index contributed by atoms with van der Waals surface area (Å²) < 4.78 is 23.2. The molecule has 0 aromatic rings. The summed E-state index contributed by atoms with van der Waals surface area (Å²) in [6.07, 6.45) is 13.6. The molecule has 0 aromatic carbocycles. The highest BCUT2D eigenvalue weighted by Gasteiger charge is 2.73. The lowest BCUT2D eigenvalue weighted by molar-refractivity contribution is -0.218. The van der Waals surface area contributed by atoms with E-state index in [0.717, 1.165) is 50.5 Å². The second-order valence-corrected chi connectivity index (χ2v) is 12.6. The molecule has 5 aliphatic rings. The van der Waals surface area contributed by atoms with E-state index in [1.165, 1.54) is 21.0 Å². The van der Waals surface area contributed by atoms with Crippen LogP contribution in [-0.4, -0.2) is 42.8 Å². The first-order valence-electron chi connectivity index (χ1n) is 14.0. The summed E-state index contributed by atoms with van der Waals surface area (Å²) in [5, 5.41) is 0. The lowest BCUT2D eigenvalue weighted by Crippen LogP contribution is -2.63. The minimum atomic E-state index is -0.374. The molecule has 4 aliphatic carbocycles. The summed E-state index contributed by atoms with van der Waals surface area (Å²) in [6.45, 7) is 7.80. The van der Waals surface area contributed by atoms with Crippen LogP contribution >= 0.6 is 0 Å². The fourth-order valence-electron chi connectivity index (χ4n) is 9.45. The fraction of sp³-hybridized carbons (Fsp3) is 0.767. The third kappa shape index (κ3) is 4.11. The Hall–Kier alpha value is -2.31. The molecule has 7 heteroatoms. The van der Waals surface area contributed by atoms with Crippen LogP contribution in [0.4, 0.5) is 0 Å². The molecular formula is C30H42O7. The van der Waals surface area contributed by atoms with E-state index in [0.29, 0.717) is 24.2 Å². The molecule has 204 valence electrons. The molecule has 0 aromatic heterocycles. The van der Waals surface area contributed by atoms with Crippen LogP contribution in [-0.2, 0) is 33.3 Å². The number of allylic oxidation sites excluding steroid dienone is 1. The van der Waals surface area contributed by atoms with Crippen molar-refractivity contribution in [2.45, 2.75) is 103 Å². The van der Waals surface area contributed by atoms with Crippen molar-refractivity contribution in [2.75, 3.05) is 7.11 Å². The Bertz CT molecular complexity index is 1020. The predicted octanol–water partition coefficient (Wildman–Crippen LogP) is 5.27. The topological polar surface area (TPSA) is 88.1 Å². The van der Waals surface area contributed by atoms with Crippen molar-refractivity contribution in [3.63, 3.8) is 0 Å². The Morgan fingerprint density at radius 3 is 2.49 bits per heavy atom. The van der Waals surface area contributed by atoms with Gasteiger partial charge in [-0.25, -0.2) is 0 Å². The molecule has 1 unspecified atom stereocenters. The van der Waals surface area contributed by atoms with Crippen molar-refractivity contribution in [2.24, 2.45) is 34.5 Å². The number of esters is 3. The number of hydrogen-bond acceptors (Lipinski definition) is 7. The Morgan fingerprint density at radius 1 is 1.03 bits per heavy atom. The van der Waals surface area contributed by atoms with E-state index in [9.17, 15) is 14.4 Å². The first-order chi connectivity index (χ1) is 17.5. The predicted molar refractivity (Wildman–Crippen MR) is 136 cm³/mol. The molecule has 2 bridgehead atoms. The Kier molecular flexibility index (Phi) is 6.73. The van der Waals surface area contributed by atoms with Crippen molar-refractivity contribution in [3.05, 3.63) is 24.0 Å². The maximum absolute atomic E-state index is 12.2. The Labute approximate surface area is 220 Å². The molecule has 4 fully saturated rings. The van der Waals surface area contributed by atoms with E-state index >= 15 is 0 Å². The molecule has 5 rings (SSSR count). The molecule has 0 amide bonds. The number of hydrogen-bond donors (Lipinski definition) is 0. The maximum Gasteiger partial charge on any atom is 0.309 e. The highest BCUT2D eigenvalue weighted by Crippen LogP contribution is 2.72. The molecule has 4 saturated carbocycles. The zero-order valence-electron chi connectivity index (χ0n) is 22.9. The normalized spacial score (nSPS) is 44.0. The van der Waals surface area contributed by atoms with Crippen molar-refractivity contribution in [1.29, 1.82) is 0 Å². The molecule has 0 N–H and O–H groups in total. The van der Waals surface area contributed by atoms with Gasteiger partial charge in [-0.1, -0.05) is 26.0 Å². The van der Waals surface area contributed by atoms with Crippen LogP contribution in [0, 0.1) is 34.5 Å². The number of methoxy groups -OCH3 is 1. The first kappa shape index (κ1) is 26.3. The SMILES string of the molecule is COC(=O)C/C=C/C1=CO[C@]23C[C@H](OC(C)=O)C1[C@@]2(C)CC[C@H]1[C@H]3CC[C@@H]2C[C@@H](OC(C)=O)CC[C@@]21C. The van der Waals surface area contributed by atoms with Gasteiger partial charge in [0.1, 0.15) is 17.8 Å². The number of fused-ring (bicyclic) bond motifs is 3. The van der Waals surface area contributed by atoms with E-state index in [4.69, 9.17) is 18.9 Å². The monoisotopic (exact) mass is 514 g/mol. The quantitative estimate of drug-likeness (QED) is 0.365. The van der Waals surface area contributed by atoms with E-state index in [1.807, 2.05) is 18.4 Å². The summed E-state index contributed by atoms with van der Waals surface area (Å²) in [7, 11) is 1.39. The van der Waals surface area contributed by atoms with Crippen molar-refractivity contribution in [3.8, 4) is 0 Å². The van der Waals surface area contributed by atoms with Crippen LogP contribution in [0.25, 0.3) is 0 Å². The van der Waals surface area contributed by atoms with Crippen LogP contribution < -0.4 is 0 Å². The summed E-state index contributed by atoms with van der Waals surface area (Å²) in [5.74, 6) is 0.767. The summed E-state index contributed by atoms with van der Waals surface area (Å²) in [5.41, 5.74) is 0.650. The maximum atomic E-state index is 12.2. The number of rotatable bonds is 5. The first-order valence-corrected chi connectivity index (χ1v) is 14.0. The van der Waals surface area contributed by atoms with Gasteiger partial charge in [-0.3, -0.25) is 14.4 Å². The molecule has 0 radical (unpaired) electrons. The smallest absolute Gasteiger partial charge is 0.309 e. The van der Waals surface area contributed by atoms with E-state index in [2.05, 4.69) is 13.8 Å². The second-order valence-electron chi connectivity index (χ2n) is 12.6. The average molecular weight is 515 g/mol. The summed E-state index contributed by atoms with van der Waals surface area (Å²) in [6, 6.07) is 0. The number of ether oxygens (including phenoxy) is 4. The molecule has 0 saturated heterocycles. The van der Waals surface area contributed by atoms with Crippen molar-refractivity contribution >= 4 is 17.9 Å². The molecule has 1 aliphatic heterocycles. The van der Waals surface area contributed by atoms with Gasteiger partial charge >= 0.3 is 17.9 Å². The van der Waals surface area contributed by atoms with Crippen LogP contribution in [0.1, 0.15) is 85.5 Å². The highest BCUT2D eigenvalue weighted by molar-refractivity contribution is 5.71.